The molecule has 0 radical (unpaired) electrons. The zero-order valence-corrected chi connectivity index (χ0v) is 17.5. The van der Waals surface area contributed by atoms with E-state index >= 15 is 4.39 Å². The highest BCUT2D eigenvalue weighted by Crippen LogP contribution is 2.45. The summed E-state index contributed by atoms with van der Waals surface area (Å²) in [6.45, 7) is 11.7. The number of fused-ring (bicyclic) bond motifs is 3. The van der Waals surface area contributed by atoms with Gasteiger partial charge in [-0.1, -0.05) is 42.5 Å². The van der Waals surface area contributed by atoms with Crippen molar-refractivity contribution < 1.29 is 13.4 Å². The molecule has 2 heterocycles. The van der Waals surface area contributed by atoms with Crippen LogP contribution in [0.1, 0.15) is 11.1 Å². The number of hydrogen-bond donors (Lipinski definition) is 0. The molecule has 0 amide bonds. The summed E-state index contributed by atoms with van der Waals surface area (Å²) in [4.78, 5) is 3.50. The van der Waals surface area contributed by atoms with Crippen LogP contribution in [0.25, 0.3) is 49.2 Å². The van der Waals surface area contributed by atoms with Crippen LogP contribution < -0.4 is 4.57 Å². The van der Waals surface area contributed by atoms with Gasteiger partial charge in [0.05, 0.1) is 12.1 Å². The van der Waals surface area contributed by atoms with Gasteiger partial charge in [-0.3, -0.25) is 0 Å². The first-order valence-electron chi connectivity index (χ1n) is 10.1. The van der Waals surface area contributed by atoms with Crippen molar-refractivity contribution in [2.45, 2.75) is 13.8 Å². The summed E-state index contributed by atoms with van der Waals surface area (Å²) in [5.74, 6) is -0.535. The summed E-state index contributed by atoms with van der Waals surface area (Å²) in [6.07, 6.45) is 2.07. The maximum atomic E-state index is 15.0. The molecule has 0 aliphatic rings. The summed E-state index contributed by atoms with van der Waals surface area (Å²) in [7, 11) is 2.01. The van der Waals surface area contributed by atoms with Gasteiger partial charge in [0.1, 0.15) is 24.0 Å². The van der Waals surface area contributed by atoms with Gasteiger partial charge in [-0.15, -0.1) is 0 Å². The van der Waals surface area contributed by atoms with Gasteiger partial charge in [0.25, 0.3) is 0 Å². The number of halogens is 1. The molecule has 2 aromatic heterocycles. The second kappa shape index (κ2) is 7.07. The zero-order chi connectivity index (χ0) is 21.7. The Labute approximate surface area is 179 Å². The maximum absolute atomic E-state index is 15.0. The molecule has 0 spiro atoms. The van der Waals surface area contributed by atoms with Crippen molar-refractivity contribution in [3.05, 3.63) is 95.2 Å². The second-order valence-corrected chi connectivity index (χ2v) is 7.88. The van der Waals surface area contributed by atoms with E-state index < -0.39 is 5.82 Å². The van der Waals surface area contributed by atoms with E-state index in [9.17, 15) is 0 Å². The Morgan fingerprint density at radius 3 is 2.35 bits per heavy atom. The summed E-state index contributed by atoms with van der Waals surface area (Å²) < 4.78 is 23.6. The smallest absolute Gasteiger partial charge is 0.233 e. The minimum Gasteiger partial charge on any atom is -0.456 e. The average molecular weight is 407 g/mol. The molecule has 5 rings (SSSR count). The monoisotopic (exact) mass is 407 g/mol. The standard InChI is InChI=1S/C27H20FN2O/c1-16-10-13-22(30(4)15-16)23-17(2)11-12-19-20-14-21(28)25(29-3)24(27(20)31-26(19)23)18-8-6-5-7-9-18/h5-15H,1-2,4H3/q+1. The summed E-state index contributed by atoms with van der Waals surface area (Å²) in [5.41, 5.74) is 6.70. The molecule has 3 aromatic carbocycles. The van der Waals surface area contributed by atoms with Gasteiger partial charge in [0.2, 0.25) is 11.4 Å². The lowest BCUT2D eigenvalue weighted by molar-refractivity contribution is -0.660. The summed E-state index contributed by atoms with van der Waals surface area (Å²) in [6, 6.07) is 19.0. The molecule has 4 heteroatoms. The molecule has 150 valence electrons. The number of hydrogen-bond acceptors (Lipinski definition) is 1. The van der Waals surface area contributed by atoms with Gasteiger partial charge < -0.3 is 4.42 Å². The van der Waals surface area contributed by atoms with E-state index in [-0.39, 0.29) is 5.69 Å². The molecular weight excluding hydrogens is 387 g/mol. The number of pyridine rings is 1. The lowest BCUT2D eigenvalue weighted by Crippen LogP contribution is -2.31. The van der Waals surface area contributed by atoms with E-state index in [2.05, 4.69) is 34.7 Å². The Bertz CT molecular complexity index is 1530. The van der Waals surface area contributed by atoms with Crippen molar-refractivity contribution >= 4 is 27.6 Å². The first-order chi connectivity index (χ1) is 15.0. The largest absolute Gasteiger partial charge is 0.456 e. The van der Waals surface area contributed by atoms with E-state index in [1.807, 2.05) is 56.4 Å². The Morgan fingerprint density at radius 2 is 1.65 bits per heavy atom. The van der Waals surface area contributed by atoms with Crippen molar-refractivity contribution in [3.8, 4) is 22.4 Å². The zero-order valence-electron chi connectivity index (χ0n) is 17.5. The molecule has 0 saturated carbocycles. The van der Waals surface area contributed by atoms with Gasteiger partial charge in [0.15, 0.2) is 6.20 Å². The van der Waals surface area contributed by atoms with E-state index in [4.69, 9.17) is 11.0 Å². The molecule has 5 aromatic rings. The number of furan rings is 1. The van der Waals surface area contributed by atoms with Crippen LogP contribution in [0.5, 0.6) is 0 Å². The van der Waals surface area contributed by atoms with Crippen LogP contribution in [-0.4, -0.2) is 0 Å². The van der Waals surface area contributed by atoms with E-state index in [0.717, 1.165) is 33.3 Å². The molecule has 0 bridgehead atoms. The Kier molecular flexibility index (Phi) is 4.34. The average Bonchev–Trinajstić information content (AvgIpc) is 3.12. The third-order valence-corrected chi connectivity index (χ3v) is 5.78. The fourth-order valence-electron chi connectivity index (χ4n) is 4.34. The highest BCUT2D eigenvalue weighted by molar-refractivity contribution is 6.15. The minimum absolute atomic E-state index is 0.0167. The number of rotatable bonds is 2. The van der Waals surface area contributed by atoms with Crippen LogP contribution in [0.15, 0.2) is 71.3 Å². The van der Waals surface area contributed by atoms with Crippen LogP contribution >= 0.6 is 0 Å². The number of nitrogens with zero attached hydrogens (tertiary/aromatic N) is 2. The number of aromatic nitrogens is 1. The van der Waals surface area contributed by atoms with Crippen LogP contribution in [0, 0.1) is 26.2 Å². The Hall–Kier alpha value is -3.97. The lowest BCUT2D eigenvalue weighted by Gasteiger charge is -2.06. The first-order valence-corrected chi connectivity index (χ1v) is 10.1. The predicted octanol–water partition coefficient (Wildman–Crippen LogP) is 7.05. The van der Waals surface area contributed by atoms with E-state index in [1.54, 1.807) is 0 Å². The molecule has 0 atom stereocenters. The van der Waals surface area contributed by atoms with Gasteiger partial charge in [-0.2, -0.15) is 0 Å². The van der Waals surface area contributed by atoms with Crippen molar-refractivity contribution in [3.63, 3.8) is 0 Å². The van der Waals surface area contributed by atoms with Crippen LogP contribution in [0.2, 0.25) is 0 Å². The van der Waals surface area contributed by atoms with Crippen molar-refractivity contribution in [1.82, 2.24) is 0 Å². The first kappa shape index (κ1) is 19.0. The maximum Gasteiger partial charge on any atom is 0.233 e. The Balaban J connectivity index is 1.95. The SMILES string of the molecule is [C-]#[N+]c1c(F)cc2c(oc3c(-c4ccc(C)c[n+]4C)c(C)ccc32)c1-c1ccccc1. The molecule has 3 nitrogen and oxygen atoms in total. The molecular formula is C27H20FN2O+. The molecule has 0 aliphatic heterocycles. The molecule has 0 unspecified atom stereocenters. The van der Waals surface area contributed by atoms with Crippen LogP contribution in [0.3, 0.4) is 0 Å². The van der Waals surface area contributed by atoms with Crippen molar-refractivity contribution in [1.29, 1.82) is 0 Å². The molecule has 0 saturated heterocycles. The van der Waals surface area contributed by atoms with Crippen LogP contribution in [0.4, 0.5) is 10.1 Å². The van der Waals surface area contributed by atoms with Gasteiger partial charge in [-0.25, -0.2) is 13.8 Å². The van der Waals surface area contributed by atoms with Gasteiger partial charge in [-0.05, 0) is 37.1 Å². The van der Waals surface area contributed by atoms with E-state index in [1.165, 1.54) is 6.07 Å². The fourth-order valence-corrected chi connectivity index (χ4v) is 4.34. The van der Waals surface area contributed by atoms with Crippen molar-refractivity contribution in [2.24, 2.45) is 7.05 Å². The number of aryl methyl sites for hydroxylation is 3. The molecule has 0 fully saturated rings. The fraction of sp³-hybridized carbons (Fsp3) is 0.111. The summed E-state index contributed by atoms with van der Waals surface area (Å²) in [5, 5.41) is 1.51. The van der Waals surface area contributed by atoms with Crippen LogP contribution in [-0.2, 0) is 7.05 Å². The topological polar surface area (TPSA) is 21.4 Å². The second-order valence-electron chi connectivity index (χ2n) is 7.88. The van der Waals surface area contributed by atoms with Gasteiger partial charge >= 0.3 is 0 Å². The van der Waals surface area contributed by atoms with E-state index in [0.29, 0.717) is 22.1 Å². The molecule has 31 heavy (non-hydrogen) atoms. The highest BCUT2D eigenvalue weighted by atomic mass is 19.1. The third kappa shape index (κ3) is 2.90. The molecule has 0 aliphatic carbocycles. The van der Waals surface area contributed by atoms with Crippen molar-refractivity contribution in [2.75, 3.05) is 0 Å². The normalized spacial score (nSPS) is 11.2. The highest BCUT2D eigenvalue weighted by Gasteiger charge is 2.24. The predicted molar refractivity (Wildman–Crippen MR) is 121 cm³/mol. The third-order valence-electron chi connectivity index (χ3n) is 5.78. The minimum atomic E-state index is -0.535. The lowest BCUT2D eigenvalue weighted by atomic mass is 9.97. The quantitative estimate of drug-likeness (QED) is 0.227. The summed E-state index contributed by atoms with van der Waals surface area (Å²) >= 11 is 0. The van der Waals surface area contributed by atoms with Gasteiger partial charge in [0, 0.05) is 28.0 Å². The Morgan fingerprint density at radius 1 is 0.903 bits per heavy atom. The number of benzene rings is 3. The molecule has 0 N–H and O–H groups in total.